The third kappa shape index (κ3) is 4.39. The maximum Gasteiger partial charge on any atom is 0.123 e. The molecule has 0 bridgehead atoms. The van der Waals surface area contributed by atoms with Crippen LogP contribution in [0.15, 0.2) is 54.6 Å². The Balaban J connectivity index is 1.41. The van der Waals surface area contributed by atoms with Gasteiger partial charge in [0.15, 0.2) is 0 Å². The van der Waals surface area contributed by atoms with Crippen molar-refractivity contribution in [3.05, 3.63) is 71.5 Å². The van der Waals surface area contributed by atoms with Crippen LogP contribution in [0.25, 0.3) is 0 Å². The van der Waals surface area contributed by atoms with Crippen LogP contribution in [0.4, 0.5) is 4.39 Å². The summed E-state index contributed by atoms with van der Waals surface area (Å²) in [5.74, 6) is -0.196. The van der Waals surface area contributed by atoms with Crippen molar-refractivity contribution < 1.29 is 9.13 Å². The van der Waals surface area contributed by atoms with Gasteiger partial charge < -0.3 is 4.74 Å². The standard InChI is InChI=1S/C19H22FNO/c20-18-8-6-17(7-9-18)15-22-19-10-12-21(13-11-19)14-16-4-2-1-3-5-16/h1-9,19H,10-15H2. The van der Waals surface area contributed by atoms with E-state index in [9.17, 15) is 4.39 Å². The van der Waals surface area contributed by atoms with Crippen LogP contribution in [0.1, 0.15) is 24.0 Å². The highest BCUT2D eigenvalue weighted by Gasteiger charge is 2.19. The maximum atomic E-state index is 12.9. The molecule has 2 aromatic rings. The van der Waals surface area contributed by atoms with Gasteiger partial charge in [0.05, 0.1) is 12.7 Å². The predicted molar refractivity (Wildman–Crippen MR) is 85.9 cm³/mol. The first-order chi connectivity index (χ1) is 10.8. The van der Waals surface area contributed by atoms with Gasteiger partial charge in [-0.3, -0.25) is 4.90 Å². The van der Waals surface area contributed by atoms with E-state index in [0.29, 0.717) is 12.7 Å². The van der Waals surface area contributed by atoms with Gasteiger partial charge in [-0.2, -0.15) is 0 Å². The Labute approximate surface area is 131 Å². The highest BCUT2D eigenvalue weighted by atomic mass is 19.1. The largest absolute Gasteiger partial charge is 0.373 e. The molecule has 0 aliphatic carbocycles. The van der Waals surface area contributed by atoms with E-state index >= 15 is 0 Å². The van der Waals surface area contributed by atoms with Gasteiger partial charge in [0.1, 0.15) is 5.82 Å². The highest BCUT2D eigenvalue weighted by Crippen LogP contribution is 2.17. The molecule has 1 saturated heterocycles. The van der Waals surface area contributed by atoms with Gasteiger partial charge in [-0.15, -0.1) is 0 Å². The summed E-state index contributed by atoms with van der Waals surface area (Å²) in [6.45, 7) is 3.74. The molecule has 116 valence electrons. The van der Waals surface area contributed by atoms with E-state index < -0.39 is 0 Å². The minimum absolute atomic E-state index is 0.196. The maximum absolute atomic E-state index is 12.9. The molecule has 22 heavy (non-hydrogen) atoms. The zero-order valence-corrected chi connectivity index (χ0v) is 12.7. The Kier molecular flexibility index (Phi) is 5.20. The van der Waals surface area contributed by atoms with Gasteiger partial charge in [-0.25, -0.2) is 4.39 Å². The van der Waals surface area contributed by atoms with Gasteiger partial charge in [0, 0.05) is 19.6 Å². The van der Waals surface area contributed by atoms with E-state index in [1.54, 1.807) is 12.1 Å². The molecule has 0 unspecified atom stereocenters. The van der Waals surface area contributed by atoms with Gasteiger partial charge in [-0.1, -0.05) is 42.5 Å². The quantitative estimate of drug-likeness (QED) is 0.827. The molecule has 0 spiro atoms. The third-order valence-corrected chi connectivity index (χ3v) is 4.18. The second-order valence-electron chi connectivity index (χ2n) is 5.90. The summed E-state index contributed by atoms with van der Waals surface area (Å²) in [5, 5.41) is 0. The zero-order valence-electron chi connectivity index (χ0n) is 12.7. The van der Waals surface area contributed by atoms with Crippen LogP contribution in [0.5, 0.6) is 0 Å². The first-order valence-corrected chi connectivity index (χ1v) is 7.92. The monoisotopic (exact) mass is 299 g/mol. The lowest BCUT2D eigenvalue weighted by molar-refractivity contribution is -0.00395. The van der Waals surface area contributed by atoms with Crippen LogP contribution < -0.4 is 0 Å². The Morgan fingerprint density at radius 1 is 0.909 bits per heavy atom. The van der Waals surface area contributed by atoms with Crippen molar-refractivity contribution in [3.63, 3.8) is 0 Å². The summed E-state index contributed by atoms with van der Waals surface area (Å²) in [7, 11) is 0. The average Bonchev–Trinajstić information content (AvgIpc) is 2.57. The molecule has 2 aromatic carbocycles. The topological polar surface area (TPSA) is 12.5 Å². The summed E-state index contributed by atoms with van der Waals surface area (Å²) >= 11 is 0. The Bertz CT molecular complexity index is 562. The Morgan fingerprint density at radius 2 is 1.59 bits per heavy atom. The second kappa shape index (κ2) is 7.52. The molecule has 1 heterocycles. The van der Waals surface area contributed by atoms with Crippen molar-refractivity contribution in [1.29, 1.82) is 0 Å². The fourth-order valence-corrected chi connectivity index (χ4v) is 2.87. The fourth-order valence-electron chi connectivity index (χ4n) is 2.87. The number of hydrogen-bond acceptors (Lipinski definition) is 2. The fraction of sp³-hybridized carbons (Fsp3) is 0.368. The van der Waals surface area contributed by atoms with Crippen LogP contribution in [-0.4, -0.2) is 24.1 Å². The molecule has 0 N–H and O–H groups in total. The molecule has 1 fully saturated rings. The molecule has 0 atom stereocenters. The average molecular weight is 299 g/mol. The molecule has 0 radical (unpaired) electrons. The smallest absolute Gasteiger partial charge is 0.123 e. The molecule has 3 heteroatoms. The Hall–Kier alpha value is -1.71. The molecule has 1 aliphatic rings. The zero-order chi connectivity index (χ0) is 15.2. The van der Waals surface area contributed by atoms with Gasteiger partial charge >= 0.3 is 0 Å². The number of likely N-dealkylation sites (tertiary alicyclic amines) is 1. The van der Waals surface area contributed by atoms with Gasteiger partial charge in [-0.05, 0) is 36.1 Å². The van der Waals surface area contributed by atoms with Crippen molar-refractivity contribution in [1.82, 2.24) is 4.90 Å². The number of rotatable bonds is 5. The first kappa shape index (κ1) is 15.2. The van der Waals surface area contributed by atoms with Crippen molar-refractivity contribution in [3.8, 4) is 0 Å². The number of nitrogens with zero attached hydrogens (tertiary/aromatic N) is 1. The van der Waals surface area contributed by atoms with Crippen LogP contribution in [-0.2, 0) is 17.9 Å². The molecule has 0 aromatic heterocycles. The van der Waals surface area contributed by atoms with E-state index in [1.807, 2.05) is 0 Å². The number of piperidine rings is 1. The highest BCUT2D eigenvalue weighted by molar-refractivity contribution is 5.15. The third-order valence-electron chi connectivity index (χ3n) is 4.18. The van der Waals surface area contributed by atoms with E-state index in [2.05, 4.69) is 35.2 Å². The van der Waals surface area contributed by atoms with Crippen LogP contribution in [0.2, 0.25) is 0 Å². The minimum atomic E-state index is -0.196. The summed E-state index contributed by atoms with van der Waals surface area (Å²) in [6.07, 6.45) is 2.44. The van der Waals surface area contributed by atoms with Gasteiger partial charge in [0.2, 0.25) is 0 Å². The lowest BCUT2D eigenvalue weighted by atomic mass is 10.1. The number of hydrogen-bond donors (Lipinski definition) is 0. The normalized spacial score (nSPS) is 16.8. The van der Waals surface area contributed by atoms with Crippen molar-refractivity contribution >= 4 is 0 Å². The number of ether oxygens (including phenoxy) is 1. The summed E-state index contributed by atoms with van der Waals surface area (Å²) < 4.78 is 18.8. The van der Waals surface area contributed by atoms with Crippen LogP contribution in [0, 0.1) is 5.82 Å². The summed E-state index contributed by atoms with van der Waals surface area (Å²) in [6, 6.07) is 17.1. The molecule has 0 saturated carbocycles. The minimum Gasteiger partial charge on any atom is -0.373 e. The molecule has 1 aliphatic heterocycles. The van der Waals surface area contributed by atoms with Crippen molar-refractivity contribution in [2.45, 2.75) is 32.1 Å². The lowest BCUT2D eigenvalue weighted by Crippen LogP contribution is -2.36. The molecule has 0 amide bonds. The van der Waals surface area contributed by atoms with Crippen molar-refractivity contribution in [2.75, 3.05) is 13.1 Å². The van der Waals surface area contributed by atoms with E-state index in [1.165, 1.54) is 17.7 Å². The van der Waals surface area contributed by atoms with Crippen LogP contribution in [0.3, 0.4) is 0 Å². The van der Waals surface area contributed by atoms with Crippen LogP contribution >= 0.6 is 0 Å². The number of halogens is 1. The summed E-state index contributed by atoms with van der Waals surface area (Å²) in [4.78, 5) is 2.48. The molecular weight excluding hydrogens is 277 g/mol. The molecule has 2 nitrogen and oxygen atoms in total. The summed E-state index contributed by atoms with van der Waals surface area (Å²) in [5.41, 5.74) is 2.40. The predicted octanol–water partition coefficient (Wildman–Crippen LogP) is 4.01. The van der Waals surface area contributed by atoms with Crippen molar-refractivity contribution in [2.24, 2.45) is 0 Å². The SMILES string of the molecule is Fc1ccc(COC2CCN(Cc3ccccc3)CC2)cc1. The van der Waals surface area contributed by atoms with Gasteiger partial charge in [0.25, 0.3) is 0 Å². The Morgan fingerprint density at radius 3 is 2.27 bits per heavy atom. The lowest BCUT2D eigenvalue weighted by Gasteiger charge is -2.32. The van der Waals surface area contributed by atoms with E-state index in [4.69, 9.17) is 4.74 Å². The van der Waals surface area contributed by atoms with E-state index in [-0.39, 0.29) is 5.82 Å². The number of benzene rings is 2. The second-order valence-corrected chi connectivity index (χ2v) is 5.90. The first-order valence-electron chi connectivity index (χ1n) is 7.92. The van der Waals surface area contributed by atoms with E-state index in [0.717, 1.165) is 38.0 Å². The molecule has 3 rings (SSSR count). The molecular formula is C19H22FNO.